The van der Waals surface area contributed by atoms with E-state index in [2.05, 4.69) is 0 Å². The fourth-order valence-corrected chi connectivity index (χ4v) is 0.908. The van der Waals surface area contributed by atoms with Gasteiger partial charge in [-0.3, -0.25) is 10.0 Å². The van der Waals surface area contributed by atoms with Crippen LogP contribution in [-0.4, -0.2) is 31.0 Å². The molecule has 1 atom stereocenters. The summed E-state index contributed by atoms with van der Waals surface area (Å²) in [6, 6.07) is 0. The summed E-state index contributed by atoms with van der Waals surface area (Å²) in [6.45, 7) is 4.81. The first-order valence-electron chi connectivity index (χ1n) is 3.85. The molecule has 0 aliphatic rings. The number of nitrogens with one attached hydrogen (secondary N) is 1. The Morgan fingerprint density at radius 2 is 1.85 bits per heavy atom. The summed E-state index contributed by atoms with van der Waals surface area (Å²) in [5, 5.41) is 7.37. The van der Waals surface area contributed by atoms with Gasteiger partial charge in [0.2, 0.25) is 5.91 Å². The molecule has 5 nitrogen and oxygen atoms in total. The van der Waals surface area contributed by atoms with E-state index in [9.17, 15) is 13.2 Å². The van der Waals surface area contributed by atoms with Crippen LogP contribution < -0.4 is 5.48 Å². The Bertz CT molecular complexity index is 235. The van der Waals surface area contributed by atoms with Gasteiger partial charge in [0.1, 0.15) is 9.84 Å². The predicted octanol–water partition coefficient (Wildman–Crippen LogP) is 0.341. The van der Waals surface area contributed by atoms with Crippen LogP contribution in [0.5, 0.6) is 0 Å². The van der Waals surface area contributed by atoms with E-state index in [-0.39, 0.29) is 5.25 Å². The van der Waals surface area contributed by atoms with Crippen LogP contribution in [0.1, 0.15) is 27.2 Å². The van der Waals surface area contributed by atoms with E-state index in [1.54, 1.807) is 6.92 Å². The first kappa shape index (κ1) is 14.9. The third-order valence-corrected chi connectivity index (χ3v) is 3.26. The quantitative estimate of drug-likeness (QED) is 0.509. The zero-order chi connectivity index (χ0) is 11.1. The number of carbonyl (C=O) groups is 1. The van der Waals surface area contributed by atoms with Gasteiger partial charge in [-0.15, -0.1) is 0 Å². The molecule has 0 aliphatic carbocycles. The maximum Gasteiger partial charge on any atom is 0.240 e. The van der Waals surface area contributed by atoms with Gasteiger partial charge in [-0.25, -0.2) is 13.9 Å². The summed E-state index contributed by atoms with van der Waals surface area (Å²) in [5.41, 5.74) is 1.39. The summed E-state index contributed by atoms with van der Waals surface area (Å²) in [7, 11) is -2.75. The van der Waals surface area contributed by atoms with Gasteiger partial charge in [0.25, 0.3) is 0 Å². The predicted molar refractivity (Wildman–Crippen MR) is 50.2 cm³/mol. The average Bonchev–Trinajstić information content (AvgIpc) is 2.02. The van der Waals surface area contributed by atoms with Gasteiger partial charge >= 0.3 is 0 Å². The summed E-state index contributed by atoms with van der Waals surface area (Å²) in [6.07, 6.45) is 1.97. The topological polar surface area (TPSA) is 83.5 Å². The molecule has 0 radical (unpaired) electrons. The molecule has 0 heterocycles. The van der Waals surface area contributed by atoms with Crippen molar-refractivity contribution < 1.29 is 18.4 Å². The highest BCUT2D eigenvalue weighted by Gasteiger charge is 2.10. The van der Waals surface area contributed by atoms with Crippen LogP contribution in [0.25, 0.3) is 0 Å². The van der Waals surface area contributed by atoms with Gasteiger partial charge in [-0.1, -0.05) is 6.92 Å². The van der Waals surface area contributed by atoms with E-state index < -0.39 is 15.7 Å². The van der Waals surface area contributed by atoms with Crippen LogP contribution in [-0.2, 0) is 14.6 Å². The largest absolute Gasteiger partial charge is 0.289 e. The molecule has 80 valence electrons. The smallest absolute Gasteiger partial charge is 0.240 e. The van der Waals surface area contributed by atoms with Crippen LogP contribution in [0.2, 0.25) is 0 Å². The summed E-state index contributed by atoms with van der Waals surface area (Å²) >= 11 is 0. The molecule has 1 unspecified atom stereocenters. The third-order valence-electron chi connectivity index (χ3n) is 1.46. The number of rotatable bonds is 2. The Morgan fingerprint density at radius 3 is 1.85 bits per heavy atom. The van der Waals surface area contributed by atoms with Gasteiger partial charge in [0.15, 0.2) is 0 Å². The fraction of sp³-hybridized carbons (Fsp3) is 0.857. The van der Waals surface area contributed by atoms with E-state index in [0.717, 1.165) is 0 Å². The molecule has 13 heavy (non-hydrogen) atoms. The van der Waals surface area contributed by atoms with Crippen LogP contribution >= 0.6 is 0 Å². The molecule has 0 spiro atoms. The standard InChI is InChI=1S/C5H12O2S.C2H5NO2/c1-4-5(2)8(3,6)7;1-2(4)3-5/h5H,4H2,1-3H3;5H,1H3,(H,3,4). The van der Waals surface area contributed by atoms with Crippen molar-refractivity contribution >= 4 is 15.7 Å². The summed E-state index contributed by atoms with van der Waals surface area (Å²) < 4.78 is 21.1. The minimum absolute atomic E-state index is 0.178. The Hall–Kier alpha value is -0.620. The number of carbonyl (C=O) groups excluding carboxylic acids is 1. The molecule has 0 aromatic heterocycles. The molecule has 0 saturated heterocycles. The van der Waals surface area contributed by atoms with Crippen molar-refractivity contribution in [1.82, 2.24) is 5.48 Å². The lowest BCUT2D eigenvalue weighted by Crippen LogP contribution is -2.13. The Balaban J connectivity index is 0. The van der Waals surface area contributed by atoms with Crippen LogP contribution in [0, 0.1) is 0 Å². The molecular weight excluding hydrogens is 194 g/mol. The van der Waals surface area contributed by atoms with Gasteiger partial charge in [0, 0.05) is 13.2 Å². The van der Waals surface area contributed by atoms with E-state index in [1.165, 1.54) is 18.7 Å². The first-order chi connectivity index (χ1) is 5.75. The van der Waals surface area contributed by atoms with Crippen LogP contribution in [0.3, 0.4) is 0 Å². The summed E-state index contributed by atoms with van der Waals surface area (Å²) in [4.78, 5) is 9.45. The second kappa shape index (κ2) is 6.85. The number of sulfone groups is 1. The van der Waals surface area contributed by atoms with Gasteiger partial charge in [-0.05, 0) is 13.3 Å². The third kappa shape index (κ3) is 11.4. The Morgan fingerprint density at radius 1 is 1.54 bits per heavy atom. The molecule has 6 heteroatoms. The van der Waals surface area contributed by atoms with E-state index in [1.807, 2.05) is 6.92 Å². The highest BCUT2D eigenvalue weighted by atomic mass is 32.2. The molecule has 0 bridgehead atoms. The van der Waals surface area contributed by atoms with Crippen molar-refractivity contribution in [3.05, 3.63) is 0 Å². The maximum absolute atomic E-state index is 10.6. The zero-order valence-corrected chi connectivity index (χ0v) is 9.18. The van der Waals surface area contributed by atoms with E-state index in [4.69, 9.17) is 5.21 Å². The fourth-order valence-electron chi connectivity index (χ4n) is 0.303. The first-order valence-corrected chi connectivity index (χ1v) is 5.80. The molecule has 1 amide bonds. The van der Waals surface area contributed by atoms with Crippen LogP contribution in [0.4, 0.5) is 0 Å². The Labute approximate surface area is 79.0 Å². The van der Waals surface area contributed by atoms with Gasteiger partial charge in [-0.2, -0.15) is 0 Å². The van der Waals surface area contributed by atoms with Crippen LogP contribution in [0.15, 0.2) is 0 Å². The highest BCUT2D eigenvalue weighted by Crippen LogP contribution is 2.00. The average molecular weight is 211 g/mol. The van der Waals surface area contributed by atoms with Crippen molar-refractivity contribution in [3.63, 3.8) is 0 Å². The monoisotopic (exact) mass is 211 g/mol. The van der Waals surface area contributed by atoms with Crippen molar-refractivity contribution in [1.29, 1.82) is 0 Å². The van der Waals surface area contributed by atoms with E-state index >= 15 is 0 Å². The van der Waals surface area contributed by atoms with Crippen molar-refractivity contribution in [2.24, 2.45) is 0 Å². The SMILES string of the molecule is CC(=O)NO.CCC(C)S(C)(=O)=O. The van der Waals surface area contributed by atoms with Crippen molar-refractivity contribution in [3.8, 4) is 0 Å². The summed E-state index contributed by atoms with van der Waals surface area (Å²) in [5.74, 6) is -0.440. The normalized spacial score (nSPS) is 12.4. The van der Waals surface area contributed by atoms with E-state index in [0.29, 0.717) is 6.42 Å². The highest BCUT2D eigenvalue weighted by molar-refractivity contribution is 7.91. The molecule has 0 aromatic carbocycles. The molecule has 0 aromatic rings. The molecule has 0 fully saturated rings. The molecule has 0 saturated carbocycles. The minimum atomic E-state index is -2.75. The number of amides is 1. The van der Waals surface area contributed by atoms with Crippen molar-refractivity contribution in [2.45, 2.75) is 32.4 Å². The number of hydroxylamine groups is 1. The second-order valence-electron chi connectivity index (χ2n) is 2.72. The lowest BCUT2D eigenvalue weighted by atomic mass is 10.4. The molecular formula is C7H17NO4S. The molecule has 2 N–H and O–H groups in total. The van der Waals surface area contributed by atoms with Gasteiger partial charge < -0.3 is 0 Å². The van der Waals surface area contributed by atoms with Gasteiger partial charge in [0.05, 0.1) is 5.25 Å². The lowest BCUT2D eigenvalue weighted by molar-refractivity contribution is -0.126. The number of hydrogen-bond acceptors (Lipinski definition) is 4. The van der Waals surface area contributed by atoms with Crippen molar-refractivity contribution in [2.75, 3.05) is 6.26 Å². The molecule has 0 rings (SSSR count). The maximum atomic E-state index is 10.6. The minimum Gasteiger partial charge on any atom is -0.289 e. The zero-order valence-electron chi connectivity index (χ0n) is 8.36. The molecule has 0 aliphatic heterocycles. The number of hydrogen-bond donors (Lipinski definition) is 2. The Kier molecular flexibility index (Phi) is 7.84. The second-order valence-corrected chi connectivity index (χ2v) is 5.18. The lowest BCUT2D eigenvalue weighted by Gasteiger charge is -2.02.